The van der Waals surface area contributed by atoms with Gasteiger partial charge in [0.15, 0.2) is 0 Å². The van der Waals surface area contributed by atoms with E-state index in [2.05, 4.69) is 16.0 Å². The minimum absolute atomic E-state index is 0.394. The number of nitrogens with zero attached hydrogens (tertiary/aromatic N) is 3. The number of pyridine rings is 1. The van der Waals surface area contributed by atoms with Crippen molar-refractivity contribution in [2.24, 2.45) is 11.7 Å². The summed E-state index contributed by atoms with van der Waals surface area (Å²) >= 11 is 0. The van der Waals surface area contributed by atoms with E-state index in [1.165, 1.54) is 5.56 Å². The summed E-state index contributed by atoms with van der Waals surface area (Å²) in [5.74, 6) is 0.394. The first-order valence-corrected chi connectivity index (χ1v) is 6.41. The molecule has 18 heavy (non-hydrogen) atoms. The lowest BCUT2D eigenvalue weighted by molar-refractivity contribution is 0.266. The van der Waals surface area contributed by atoms with E-state index in [4.69, 9.17) is 5.73 Å². The Hall–Kier alpha value is -1.44. The maximum absolute atomic E-state index is 9.22. The lowest BCUT2D eigenvalue weighted by Crippen LogP contribution is -2.50. The highest BCUT2D eigenvalue weighted by Crippen LogP contribution is 2.38. The monoisotopic (exact) mass is 244 g/mol. The minimum Gasteiger partial charge on any atom is -0.312 e. The molecule has 1 saturated carbocycles. The molecule has 1 aliphatic rings. The molecule has 0 bridgehead atoms. The Labute approximate surface area is 108 Å². The van der Waals surface area contributed by atoms with E-state index >= 15 is 0 Å². The topological polar surface area (TPSA) is 65.9 Å². The zero-order valence-corrected chi connectivity index (χ0v) is 10.8. The molecule has 1 aliphatic carbocycles. The average Bonchev–Trinajstić information content (AvgIpc) is 3.22. The summed E-state index contributed by atoms with van der Waals surface area (Å²) in [4.78, 5) is 6.15. The van der Waals surface area contributed by atoms with Gasteiger partial charge in [0, 0.05) is 25.5 Å². The van der Waals surface area contributed by atoms with E-state index in [0.717, 1.165) is 25.8 Å². The Morgan fingerprint density at radius 1 is 1.50 bits per heavy atom. The Bertz CT molecular complexity index is 421. The molecule has 0 aromatic carbocycles. The van der Waals surface area contributed by atoms with Crippen molar-refractivity contribution in [1.29, 1.82) is 5.26 Å². The zero-order valence-electron chi connectivity index (χ0n) is 10.8. The molecule has 4 nitrogen and oxygen atoms in total. The quantitative estimate of drug-likeness (QED) is 0.816. The molecule has 0 amide bonds. The van der Waals surface area contributed by atoms with Crippen LogP contribution in [0.25, 0.3) is 0 Å². The van der Waals surface area contributed by atoms with Crippen LogP contribution in [0.15, 0.2) is 24.5 Å². The van der Waals surface area contributed by atoms with Crippen molar-refractivity contribution in [3.05, 3.63) is 30.1 Å². The summed E-state index contributed by atoms with van der Waals surface area (Å²) < 4.78 is 0. The Morgan fingerprint density at radius 2 is 2.17 bits per heavy atom. The van der Waals surface area contributed by atoms with Gasteiger partial charge in [-0.05, 0) is 49.9 Å². The Balaban J connectivity index is 1.82. The molecule has 1 unspecified atom stereocenters. The molecule has 0 aliphatic heterocycles. The van der Waals surface area contributed by atoms with Gasteiger partial charge in [-0.15, -0.1) is 0 Å². The number of hydrogen-bond acceptors (Lipinski definition) is 4. The van der Waals surface area contributed by atoms with E-state index in [0.29, 0.717) is 12.5 Å². The van der Waals surface area contributed by atoms with Gasteiger partial charge in [0.25, 0.3) is 0 Å². The van der Waals surface area contributed by atoms with E-state index in [1.54, 1.807) is 0 Å². The van der Waals surface area contributed by atoms with Crippen molar-refractivity contribution < 1.29 is 0 Å². The normalized spacial score (nSPS) is 18.3. The van der Waals surface area contributed by atoms with Crippen molar-refractivity contribution in [3.63, 3.8) is 0 Å². The SMILES string of the molecule is CN(CCc1ccncc1)CC(N)(C#N)C1CC1. The predicted molar refractivity (Wildman–Crippen MR) is 70.7 cm³/mol. The van der Waals surface area contributed by atoms with Crippen LogP contribution in [0.5, 0.6) is 0 Å². The Morgan fingerprint density at radius 3 is 2.72 bits per heavy atom. The third-order valence-corrected chi connectivity index (χ3v) is 3.58. The fourth-order valence-corrected chi connectivity index (χ4v) is 2.25. The van der Waals surface area contributed by atoms with Gasteiger partial charge in [0.05, 0.1) is 6.07 Å². The van der Waals surface area contributed by atoms with Crippen LogP contribution in [0.2, 0.25) is 0 Å². The number of nitriles is 1. The van der Waals surface area contributed by atoms with Crippen molar-refractivity contribution in [2.45, 2.75) is 24.8 Å². The summed E-state index contributed by atoms with van der Waals surface area (Å²) in [6.07, 6.45) is 6.78. The second-order valence-electron chi connectivity index (χ2n) is 5.27. The fourth-order valence-electron chi connectivity index (χ4n) is 2.25. The lowest BCUT2D eigenvalue weighted by atomic mass is 9.96. The van der Waals surface area contributed by atoms with Gasteiger partial charge in [-0.2, -0.15) is 5.26 Å². The third-order valence-electron chi connectivity index (χ3n) is 3.58. The maximum Gasteiger partial charge on any atom is 0.119 e. The van der Waals surface area contributed by atoms with Gasteiger partial charge in [-0.1, -0.05) is 0 Å². The van der Waals surface area contributed by atoms with Crippen LogP contribution in [-0.2, 0) is 6.42 Å². The van der Waals surface area contributed by atoms with Crippen LogP contribution in [0.4, 0.5) is 0 Å². The van der Waals surface area contributed by atoms with Gasteiger partial charge in [-0.3, -0.25) is 4.98 Å². The Kier molecular flexibility index (Phi) is 3.95. The van der Waals surface area contributed by atoms with Crippen LogP contribution in [0.1, 0.15) is 18.4 Å². The molecule has 0 spiro atoms. The number of likely N-dealkylation sites (N-methyl/N-ethyl adjacent to an activating group) is 1. The molecule has 96 valence electrons. The average molecular weight is 244 g/mol. The standard InChI is InChI=1S/C14H20N4/c1-18(9-6-12-4-7-17-8-5-12)11-14(16,10-15)13-2-3-13/h4-5,7-8,13H,2-3,6,9,11,16H2,1H3. The first-order chi connectivity index (χ1) is 8.64. The van der Waals surface area contributed by atoms with Gasteiger partial charge < -0.3 is 10.6 Å². The first kappa shape index (κ1) is 13.0. The number of rotatable bonds is 6. The smallest absolute Gasteiger partial charge is 0.119 e. The molecule has 1 fully saturated rings. The van der Waals surface area contributed by atoms with Gasteiger partial charge >= 0.3 is 0 Å². The summed E-state index contributed by atoms with van der Waals surface area (Å²) in [7, 11) is 2.03. The van der Waals surface area contributed by atoms with Gasteiger partial charge in [-0.25, -0.2) is 0 Å². The molecule has 1 atom stereocenters. The molecule has 1 aromatic rings. The van der Waals surface area contributed by atoms with Crippen molar-refractivity contribution in [3.8, 4) is 6.07 Å². The second kappa shape index (κ2) is 5.47. The van der Waals surface area contributed by atoms with Crippen LogP contribution in [0.3, 0.4) is 0 Å². The summed E-state index contributed by atoms with van der Waals surface area (Å²) in [5.41, 5.74) is 6.77. The molecule has 2 rings (SSSR count). The van der Waals surface area contributed by atoms with Crippen LogP contribution in [0, 0.1) is 17.2 Å². The first-order valence-electron chi connectivity index (χ1n) is 6.41. The third kappa shape index (κ3) is 3.28. The minimum atomic E-state index is -0.660. The van der Waals surface area contributed by atoms with Crippen LogP contribution < -0.4 is 5.73 Å². The van der Waals surface area contributed by atoms with Crippen LogP contribution in [-0.4, -0.2) is 35.6 Å². The molecular weight excluding hydrogens is 224 g/mol. The number of aromatic nitrogens is 1. The number of hydrogen-bond donors (Lipinski definition) is 1. The molecule has 0 saturated heterocycles. The maximum atomic E-state index is 9.22. The van der Waals surface area contributed by atoms with E-state index < -0.39 is 5.54 Å². The summed E-state index contributed by atoms with van der Waals surface area (Å²) in [6, 6.07) is 6.34. The van der Waals surface area contributed by atoms with Gasteiger partial charge in [0.2, 0.25) is 0 Å². The largest absolute Gasteiger partial charge is 0.312 e. The second-order valence-corrected chi connectivity index (χ2v) is 5.27. The van der Waals surface area contributed by atoms with Gasteiger partial charge in [0.1, 0.15) is 5.54 Å². The lowest BCUT2D eigenvalue weighted by Gasteiger charge is -2.27. The van der Waals surface area contributed by atoms with E-state index in [9.17, 15) is 5.26 Å². The molecular formula is C14H20N4. The van der Waals surface area contributed by atoms with Crippen molar-refractivity contribution >= 4 is 0 Å². The summed E-state index contributed by atoms with van der Waals surface area (Å²) in [6.45, 7) is 1.57. The highest BCUT2D eigenvalue weighted by Gasteiger charge is 2.43. The zero-order chi connectivity index (χ0) is 13.0. The molecule has 4 heteroatoms. The molecule has 2 N–H and O–H groups in total. The molecule has 1 aromatic heterocycles. The molecule has 0 radical (unpaired) electrons. The van der Waals surface area contributed by atoms with Crippen LogP contribution >= 0.6 is 0 Å². The predicted octanol–water partition coefficient (Wildman–Crippen LogP) is 1.19. The molecule has 1 heterocycles. The fraction of sp³-hybridized carbons (Fsp3) is 0.571. The number of nitrogens with two attached hydrogens (primary N) is 1. The highest BCUT2D eigenvalue weighted by molar-refractivity contribution is 5.15. The van der Waals surface area contributed by atoms with E-state index in [-0.39, 0.29) is 0 Å². The van der Waals surface area contributed by atoms with Crippen molar-refractivity contribution in [1.82, 2.24) is 9.88 Å². The van der Waals surface area contributed by atoms with Crippen molar-refractivity contribution in [2.75, 3.05) is 20.1 Å². The summed E-state index contributed by atoms with van der Waals surface area (Å²) in [5, 5.41) is 9.22. The highest BCUT2D eigenvalue weighted by atomic mass is 15.1. The van der Waals surface area contributed by atoms with E-state index in [1.807, 2.05) is 31.6 Å².